The zero-order chi connectivity index (χ0) is 12.4. The Morgan fingerprint density at radius 3 is 2.76 bits per heavy atom. The number of nitrogens with zero attached hydrogens (tertiary/aromatic N) is 4. The summed E-state index contributed by atoms with van der Waals surface area (Å²) < 4.78 is 1.60. The highest BCUT2D eigenvalue weighted by Crippen LogP contribution is 2.25. The quantitative estimate of drug-likeness (QED) is 0.931. The Morgan fingerprint density at radius 2 is 2.12 bits per heavy atom. The van der Waals surface area contributed by atoms with Crippen molar-refractivity contribution in [2.24, 2.45) is 0 Å². The van der Waals surface area contributed by atoms with Gasteiger partial charge in [0.25, 0.3) is 0 Å². The summed E-state index contributed by atoms with van der Waals surface area (Å²) in [5, 5.41) is 15.7. The van der Waals surface area contributed by atoms with E-state index in [9.17, 15) is 0 Å². The fourth-order valence-electron chi connectivity index (χ4n) is 1.42. The van der Waals surface area contributed by atoms with Crippen molar-refractivity contribution in [1.82, 2.24) is 25.5 Å². The topological polar surface area (TPSA) is 55.6 Å². The van der Waals surface area contributed by atoms with E-state index < -0.39 is 0 Å². The number of aromatic nitrogens is 4. The molecule has 0 amide bonds. The highest BCUT2D eigenvalue weighted by Gasteiger charge is 2.15. The Bertz CT molecular complexity index is 525. The van der Waals surface area contributed by atoms with Crippen LogP contribution in [-0.4, -0.2) is 27.3 Å². The van der Waals surface area contributed by atoms with Gasteiger partial charge < -0.3 is 5.32 Å². The summed E-state index contributed by atoms with van der Waals surface area (Å²) in [6, 6.07) is 5.22. The van der Waals surface area contributed by atoms with Crippen molar-refractivity contribution in [2.75, 3.05) is 7.05 Å². The number of nitrogens with one attached hydrogen (secondary N) is 1. The third-order valence-electron chi connectivity index (χ3n) is 2.45. The number of halogens is 2. The molecule has 0 saturated heterocycles. The minimum absolute atomic E-state index is 0.0248. The van der Waals surface area contributed by atoms with Crippen LogP contribution in [0.5, 0.6) is 0 Å². The minimum atomic E-state index is 0.0248. The summed E-state index contributed by atoms with van der Waals surface area (Å²) in [5.41, 5.74) is 0.707. The maximum absolute atomic E-state index is 6.12. The van der Waals surface area contributed by atoms with Gasteiger partial charge in [0.1, 0.15) is 0 Å². The number of benzene rings is 1. The van der Waals surface area contributed by atoms with E-state index in [4.69, 9.17) is 23.2 Å². The van der Waals surface area contributed by atoms with Crippen molar-refractivity contribution in [2.45, 2.75) is 13.0 Å². The van der Waals surface area contributed by atoms with E-state index in [1.54, 1.807) is 22.9 Å². The molecule has 5 nitrogen and oxygen atoms in total. The SMILES string of the molecule is CNC(C)c1nnnn1-c1ccc(Cl)cc1Cl. The fraction of sp³-hybridized carbons (Fsp3) is 0.300. The van der Waals surface area contributed by atoms with Crippen LogP contribution in [0.4, 0.5) is 0 Å². The lowest BCUT2D eigenvalue weighted by Gasteiger charge is -2.11. The number of rotatable bonds is 3. The van der Waals surface area contributed by atoms with E-state index in [1.807, 2.05) is 14.0 Å². The van der Waals surface area contributed by atoms with Gasteiger partial charge in [0.05, 0.1) is 16.8 Å². The summed E-state index contributed by atoms with van der Waals surface area (Å²) in [6.45, 7) is 1.96. The van der Waals surface area contributed by atoms with E-state index in [2.05, 4.69) is 20.8 Å². The molecule has 2 aromatic rings. The van der Waals surface area contributed by atoms with Crippen molar-refractivity contribution in [3.05, 3.63) is 34.1 Å². The van der Waals surface area contributed by atoms with Gasteiger partial charge >= 0.3 is 0 Å². The monoisotopic (exact) mass is 271 g/mol. The second-order valence-electron chi connectivity index (χ2n) is 3.55. The predicted molar refractivity (Wildman–Crippen MR) is 66.6 cm³/mol. The average molecular weight is 272 g/mol. The fourth-order valence-corrected chi connectivity index (χ4v) is 1.91. The molecule has 0 aliphatic carbocycles. The third-order valence-corrected chi connectivity index (χ3v) is 2.99. The molecule has 90 valence electrons. The first kappa shape index (κ1) is 12.3. The highest BCUT2D eigenvalue weighted by molar-refractivity contribution is 6.35. The molecule has 0 saturated carbocycles. The maximum Gasteiger partial charge on any atom is 0.173 e. The zero-order valence-corrected chi connectivity index (χ0v) is 10.9. The second kappa shape index (κ2) is 5.00. The molecule has 0 radical (unpaired) electrons. The molecule has 1 aromatic heterocycles. The van der Waals surface area contributed by atoms with E-state index >= 15 is 0 Å². The van der Waals surface area contributed by atoms with Crippen LogP contribution in [-0.2, 0) is 0 Å². The van der Waals surface area contributed by atoms with Crippen molar-refractivity contribution in [3.63, 3.8) is 0 Å². The molecule has 1 unspecified atom stereocenters. The van der Waals surface area contributed by atoms with Crippen LogP contribution in [0.1, 0.15) is 18.8 Å². The molecule has 17 heavy (non-hydrogen) atoms. The van der Waals surface area contributed by atoms with E-state index in [1.165, 1.54) is 0 Å². The minimum Gasteiger partial charge on any atom is -0.311 e. The smallest absolute Gasteiger partial charge is 0.173 e. The molecular formula is C10H11Cl2N5. The van der Waals surface area contributed by atoms with E-state index in [-0.39, 0.29) is 6.04 Å². The summed E-state index contributed by atoms with van der Waals surface area (Å²) in [5.74, 6) is 0.691. The molecule has 0 spiro atoms. The van der Waals surface area contributed by atoms with Crippen LogP contribution in [0.2, 0.25) is 10.0 Å². The van der Waals surface area contributed by atoms with Gasteiger partial charge in [-0.2, -0.15) is 4.68 Å². The molecule has 7 heteroatoms. The van der Waals surface area contributed by atoms with Crippen LogP contribution in [0.3, 0.4) is 0 Å². The lowest BCUT2D eigenvalue weighted by molar-refractivity contribution is 0.589. The molecule has 0 fully saturated rings. The average Bonchev–Trinajstić information content (AvgIpc) is 2.77. The molecule has 2 rings (SSSR count). The Morgan fingerprint density at radius 1 is 1.35 bits per heavy atom. The van der Waals surface area contributed by atoms with Gasteiger partial charge in [-0.05, 0) is 42.6 Å². The van der Waals surface area contributed by atoms with Crippen molar-refractivity contribution < 1.29 is 0 Å². The zero-order valence-electron chi connectivity index (χ0n) is 9.35. The molecule has 1 aromatic carbocycles. The van der Waals surface area contributed by atoms with E-state index in [0.717, 1.165) is 0 Å². The van der Waals surface area contributed by atoms with Crippen LogP contribution in [0.15, 0.2) is 18.2 Å². The first-order valence-corrected chi connectivity index (χ1v) is 5.80. The Hall–Kier alpha value is -1.17. The Balaban J connectivity index is 2.50. The standard InChI is InChI=1S/C10H11Cl2N5/c1-6(13-2)10-14-15-16-17(10)9-4-3-7(11)5-8(9)12/h3-6,13H,1-2H3. The Labute approximate surface area is 109 Å². The van der Waals surface area contributed by atoms with Crippen LogP contribution >= 0.6 is 23.2 Å². The number of hydrogen-bond acceptors (Lipinski definition) is 4. The van der Waals surface area contributed by atoms with E-state index in [0.29, 0.717) is 21.6 Å². The van der Waals surface area contributed by atoms with Gasteiger partial charge in [0.15, 0.2) is 5.82 Å². The van der Waals surface area contributed by atoms with Crippen molar-refractivity contribution in [1.29, 1.82) is 0 Å². The van der Waals surface area contributed by atoms with Crippen LogP contribution in [0.25, 0.3) is 5.69 Å². The number of hydrogen-bond donors (Lipinski definition) is 1. The Kier molecular flexibility index (Phi) is 3.61. The van der Waals surface area contributed by atoms with Crippen molar-refractivity contribution >= 4 is 23.2 Å². The van der Waals surface area contributed by atoms with Gasteiger partial charge in [-0.1, -0.05) is 23.2 Å². The van der Waals surface area contributed by atoms with Gasteiger partial charge in [-0.25, -0.2) is 0 Å². The molecule has 0 aliphatic heterocycles. The summed E-state index contributed by atoms with van der Waals surface area (Å²) >= 11 is 12.0. The van der Waals surface area contributed by atoms with Crippen LogP contribution in [0, 0.1) is 0 Å². The van der Waals surface area contributed by atoms with Crippen molar-refractivity contribution in [3.8, 4) is 5.69 Å². The summed E-state index contributed by atoms with van der Waals surface area (Å²) in [6.07, 6.45) is 0. The molecule has 0 aliphatic rings. The van der Waals surface area contributed by atoms with Crippen LogP contribution < -0.4 is 5.32 Å². The highest BCUT2D eigenvalue weighted by atomic mass is 35.5. The normalized spacial score (nSPS) is 12.7. The first-order chi connectivity index (χ1) is 8.13. The predicted octanol–water partition coefficient (Wildman–Crippen LogP) is 2.25. The lowest BCUT2D eigenvalue weighted by atomic mass is 10.3. The molecule has 1 heterocycles. The summed E-state index contributed by atoms with van der Waals surface area (Å²) in [7, 11) is 1.84. The van der Waals surface area contributed by atoms with Gasteiger partial charge in [-0.3, -0.25) is 0 Å². The second-order valence-corrected chi connectivity index (χ2v) is 4.40. The molecule has 1 atom stereocenters. The lowest BCUT2D eigenvalue weighted by Crippen LogP contribution is -2.18. The number of tetrazole rings is 1. The molecule has 0 bridgehead atoms. The maximum atomic E-state index is 6.12. The van der Waals surface area contributed by atoms with Gasteiger partial charge in [0.2, 0.25) is 0 Å². The largest absolute Gasteiger partial charge is 0.311 e. The first-order valence-electron chi connectivity index (χ1n) is 5.04. The van der Waals surface area contributed by atoms with Gasteiger partial charge in [0, 0.05) is 5.02 Å². The summed E-state index contributed by atoms with van der Waals surface area (Å²) in [4.78, 5) is 0. The molecular weight excluding hydrogens is 261 g/mol. The molecule has 1 N–H and O–H groups in total. The third kappa shape index (κ3) is 2.41. The van der Waals surface area contributed by atoms with Gasteiger partial charge in [-0.15, -0.1) is 5.10 Å².